The van der Waals surface area contributed by atoms with Crippen molar-refractivity contribution in [2.75, 3.05) is 9.80 Å². The molecule has 0 fully saturated rings. The second-order valence-electron chi connectivity index (χ2n) is 19.8. The van der Waals surface area contributed by atoms with Crippen LogP contribution in [0.15, 0.2) is 256 Å². The van der Waals surface area contributed by atoms with Crippen molar-refractivity contribution in [1.29, 1.82) is 0 Å². The van der Waals surface area contributed by atoms with Gasteiger partial charge < -0.3 is 23.1 Å². The van der Waals surface area contributed by atoms with Crippen LogP contribution in [-0.4, -0.2) is 0 Å². The highest BCUT2D eigenvalue weighted by Gasteiger charge is 2.24. The van der Waals surface area contributed by atoms with Gasteiger partial charge in [0.2, 0.25) is 0 Å². The van der Waals surface area contributed by atoms with E-state index in [0.717, 1.165) is 155 Å². The second kappa shape index (κ2) is 16.9. The number of hydrogen-bond donors (Lipinski definition) is 0. The molecule has 0 saturated heterocycles. The Morgan fingerprint density at radius 1 is 0.253 bits per heavy atom. The molecule has 0 saturated carbocycles. The standard InChI is InChI=1S/C70H46N2O3/c1-43-27-29-49(45-15-5-3-6-16-45)39-63(43)71(61-23-13-21-57-55-19-9-11-25-65(55)74-69(57)61)53-33-31-47-37-59-60-38-48-32-34-54(36-52(48)42-68(60)73-67(59)41-51(47)35-53)72(64-40-50(30-28-44(64)2)46-17-7-4-8-18-46)62-24-14-22-58-56-20-10-12-26-66(56)75-70(58)62/h3-42H,1-2H3. The van der Waals surface area contributed by atoms with Crippen LogP contribution in [0.1, 0.15) is 11.1 Å². The third kappa shape index (κ3) is 7.00. The van der Waals surface area contributed by atoms with Gasteiger partial charge in [0.1, 0.15) is 22.3 Å². The number of fused-ring (bicyclic) bond motifs is 11. The Labute approximate surface area is 432 Å². The van der Waals surface area contributed by atoms with E-state index in [0.29, 0.717) is 0 Å². The summed E-state index contributed by atoms with van der Waals surface area (Å²) in [5.74, 6) is 0. The number of nitrogens with zero attached hydrogens (tertiary/aromatic N) is 2. The number of rotatable bonds is 8. The molecule has 12 aromatic carbocycles. The largest absolute Gasteiger partial charge is 0.456 e. The Morgan fingerprint density at radius 3 is 1.15 bits per heavy atom. The third-order valence-electron chi connectivity index (χ3n) is 15.2. The molecule has 3 heterocycles. The van der Waals surface area contributed by atoms with Gasteiger partial charge in [-0.2, -0.15) is 0 Å². The van der Waals surface area contributed by atoms with E-state index >= 15 is 0 Å². The van der Waals surface area contributed by atoms with E-state index in [4.69, 9.17) is 13.3 Å². The third-order valence-corrected chi connectivity index (χ3v) is 15.2. The fourth-order valence-corrected chi connectivity index (χ4v) is 11.5. The van der Waals surface area contributed by atoms with Crippen molar-refractivity contribution in [3.05, 3.63) is 254 Å². The van der Waals surface area contributed by atoms with Crippen LogP contribution in [0.2, 0.25) is 0 Å². The predicted octanol–water partition coefficient (Wildman–Crippen LogP) is 20.6. The van der Waals surface area contributed by atoms with Crippen LogP contribution in [-0.2, 0) is 0 Å². The fourth-order valence-electron chi connectivity index (χ4n) is 11.5. The van der Waals surface area contributed by atoms with Gasteiger partial charge in [-0.25, -0.2) is 0 Å². The molecule has 3 aromatic heterocycles. The summed E-state index contributed by atoms with van der Waals surface area (Å²) in [6, 6.07) is 86.6. The first-order valence-electron chi connectivity index (χ1n) is 25.5. The van der Waals surface area contributed by atoms with Gasteiger partial charge >= 0.3 is 0 Å². The molecule has 15 rings (SSSR count). The Morgan fingerprint density at radius 2 is 0.680 bits per heavy atom. The first-order valence-corrected chi connectivity index (χ1v) is 25.5. The van der Waals surface area contributed by atoms with Crippen LogP contribution in [0.5, 0.6) is 0 Å². The van der Waals surface area contributed by atoms with Gasteiger partial charge in [0, 0.05) is 55.1 Å². The zero-order valence-electron chi connectivity index (χ0n) is 41.2. The maximum absolute atomic E-state index is 6.90. The molecule has 0 amide bonds. The highest BCUT2D eigenvalue weighted by atomic mass is 16.3. The summed E-state index contributed by atoms with van der Waals surface area (Å²) in [5, 5.41) is 10.9. The minimum absolute atomic E-state index is 0.838. The summed E-state index contributed by atoms with van der Waals surface area (Å²) in [4.78, 5) is 4.72. The number of hydrogen-bond acceptors (Lipinski definition) is 5. The molecule has 0 N–H and O–H groups in total. The zero-order chi connectivity index (χ0) is 49.7. The summed E-state index contributed by atoms with van der Waals surface area (Å²) in [6.07, 6.45) is 0. The molecule has 0 radical (unpaired) electrons. The lowest BCUT2D eigenvalue weighted by atomic mass is 9.99. The number of anilines is 6. The van der Waals surface area contributed by atoms with Crippen LogP contribution in [0.4, 0.5) is 34.1 Å². The van der Waals surface area contributed by atoms with Gasteiger partial charge in [-0.1, -0.05) is 158 Å². The van der Waals surface area contributed by atoms with E-state index in [1.165, 1.54) is 0 Å². The monoisotopic (exact) mass is 962 g/mol. The topological polar surface area (TPSA) is 45.9 Å². The van der Waals surface area contributed by atoms with Crippen LogP contribution in [0.3, 0.4) is 0 Å². The maximum Gasteiger partial charge on any atom is 0.159 e. The summed E-state index contributed by atoms with van der Waals surface area (Å²) in [7, 11) is 0. The molecule has 0 atom stereocenters. The maximum atomic E-state index is 6.90. The lowest BCUT2D eigenvalue weighted by Gasteiger charge is -2.28. The molecule has 0 unspecified atom stereocenters. The molecule has 5 nitrogen and oxygen atoms in total. The Kier molecular flexibility index (Phi) is 9.63. The van der Waals surface area contributed by atoms with Gasteiger partial charge in [-0.05, 0) is 154 Å². The fraction of sp³-hybridized carbons (Fsp3) is 0.0286. The molecule has 0 spiro atoms. The Balaban J connectivity index is 0.880. The summed E-state index contributed by atoms with van der Waals surface area (Å²) < 4.78 is 20.4. The first kappa shape index (κ1) is 42.8. The van der Waals surface area contributed by atoms with E-state index in [1.54, 1.807) is 0 Å². The van der Waals surface area contributed by atoms with Gasteiger partial charge in [0.25, 0.3) is 0 Å². The molecule has 15 aromatic rings. The number of furan rings is 3. The van der Waals surface area contributed by atoms with Crippen LogP contribution >= 0.6 is 0 Å². The lowest BCUT2D eigenvalue weighted by Crippen LogP contribution is -2.12. The first-order chi connectivity index (χ1) is 37.0. The molecule has 0 aliphatic carbocycles. The van der Waals surface area contributed by atoms with E-state index in [-0.39, 0.29) is 0 Å². The molecular weight excluding hydrogens is 917 g/mol. The zero-order valence-corrected chi connectivity index (χ0v) is 41.2. The van der Waals surface area contributed by atoms with E-state index in [1.807, 2.05) is 24.3 Å². The highest BCUT2D eigenvalue weighted by molar-refractivity contribution is 6.16. The van der Waals surface area contributed by atoms with Crippen molar-refractivity contribution in [3.8, 4) is 22.3 Å². The SMILES string of the molecule is Cc1ccc(-c2ccccc2)cc1N(c1ccc2cc3c(cc2c1)oc1cc2cc(N(c4cc(-c5ccccc5)ccc4C)c4cccc5c4oc4ccccc45)ccc2cc13)c1cccc2c1oc1ccccc12. The Bertz CT molecular complexity index is 4450. The average molecular weight is 963 g/mol. The number of para-hydroxylation sites is 4. The quantitative estimate of drug-likeness (QED) is 0.152. The van der Waals surface area contributed by atoms with Crippen molar-refractivity contribution >= 4 is 121 Å². The van der Waals surface area contributed by atoms with E-state index < -0.39 is 0 Å². The van der Waals surface area contributed by atoms with E-state index in [9.17, 15) is 0 Å². The molecule has 75 heavy (non-hydrogen) atoms. The summed E-state index contributed by atoms with van der Waals surface area (Å²) >= 11 is 0. The molecular formula is C70H46N2O3. The highest BCUT2D eigenvalue weighted by Crippen LogP contribution is 2.48. The van der Waals surface area contributed by atoms with Gasteiger partial charge in [-0.3, -0.25) is 0 Å². The van der Waals surface area contributed by atoms with Gasteiger partial charge in [0.15, 0.2) is 11.2 Å². The van der Waals surface area contributed by atoms with Crippen LogP contribution < -0.4 is 9.80 Å². The normalized spacial score (nSPS) is 11.9. The van der Waals surface area contributed by atoms with Crippen molar-refractivity contribution in [1.82, 2.24) is 0 Å². The van der Waals surface area contributed by atoms with Gasteiger partial charge in [-0.15, -0.1) is 0 Å². The smallest absolute Gasteiger partial charge is 0.159 e. The van der Waals surface area contributed by atoms with Crippen LogP contribution in [0, 0.1) is 13.8 Å². The van der Waals surface area contributed by atoms with Crippen molar-refractivity contribution in [2.24, 2.45) is 0 Å². The van der Waals surface area contributed by atoms with Crippen molar-refractivity contribution < 1.29 is 13.3 Å². The number of aryl methyl sites for hydroxylation is 2. The molecule has 354 valence electrons. The molecule has 0 aliphatic rings. The second-order valence-corrected chi connectivity index (χ2v) is 19.8. The van der Waals surface area contributed by atoms with Crippen molar-refractivity contribution in [3.63, 3.8) is 0 Å². The van der Waals surface area contributed by atoms with Gasteiger partial charge in [0.05, 0.1) is 11.4 Å². The van der Waals surface area contributed by atoms with Crippen molar-refractivity contribution in [2.45, 2.75) is 13.8 Å². The predicted molar refractivity (Wildman–Crippen MR) is 313 cm³/mol. The minimum Gasteiger partial charge on any atom is -0.456 e. The summed E-state index contributed by atoms with van der Waals surface area (Å²) in [5.41, 5.74) is 18.1. The number of benzene rings is 12. The Hall–Kier alpha value is -9.84. The van der Waals surface area contributed by atoms with E-state index in [2.05, 4.69) is 242 Å². The summed E-state index contributed by atoms with van der Waals surface area (Å²) in [6.45, 7) is 4.37. The average Bonchev–Trinajstić information content (AvgIpc) is 4.18. The molecule has 5 heteroatoms. The molecule has 0 bridgehead atoms. The minimum atomic E-state index is 0.838. The lowest BCUT2D eigenvalue weighted by molar-refractivity contribution is 0.668. The van der Waals surface area contributed by atoms with Crippen LogP contribution in [0.25, 0.3) is 110 Å². The molecule has 0 aliphatic heterocycles.